The normalized spacial score (nSPS) is 18.1. The fourth-order valence-electron chi connectivity index (χ4n) is 2.10. The summed E-state index contributed by atoms with van der Waals surface area (Å²) in [6, 6.07) is 6.72. The van der Waals surface area contributed by atoms with Gasteiger partial charge in [0.25, 0.3) is 0 Å². The van der Waals surface area contributed by atoms with Crippen molar-refractivity contribution in [2.75, 3.05) is 32.1 Å². The minimum atomic E-state index is -0.933. The van der Waals surface area contributed by atoms with Crippen LogP contribution in [0.15, 0.2) is 24.3 Å². The van der Waals surface area contributed by atoms with E-state index in [9.17, 15) is 9.59 Å². The number of anilines is 1. The van der Waals surface area contributed by atoms with Crippen LogP contribution in [0, 0.1) is 0 Å². The Kier molecular flexibility index (Phi) is 4.99. The first-order valence-electron chi connectivity index (χ1n) is 6.62. The molecule has 1 fully saturated rings. The average Bonchev–Trinajstić information content (AvgIpc) is 2.47. The second kappa shape index (κ2) is 6.94. The maximum Gasteiger partial charge on any atom is 0.322 e. The van der Waals surface area contributed by atoms with Gasteiger partial charge in [0, 0.05) is 18.8 Å². The van der Waals surface area contributed by atoms with E-state index in [1.165, 1.54) is 0 Å². The minimum absolute atomic E-state index is 0.105. The Morgan fingerprint density at radius 2 is 2.14 bits per heavy atom. The van der Waals surface area contributed by atoms with Gasteiger partial charge >= 0.3 is 12.0 Å². The van der Waals surface area contributed by atoms with Crippen LogP contribution in [0.5, 0.6) is 5.75 Å². The van der Waals surface area contributed by atoms with Crippen molar-refractivity contribution in [1.29, 1.82) is 0 Å². The molecule has 114 valence electrons. The summed E-state index contributed by atoms with van der Waals surface area (Å²) in [5.41, 5.74) is 0.655. The minimum Gasteiger partial charge on any atom is -0.497 e. The quantitative estimate of drug-likeness (QED) is 0.876. The molecule has 1 saturated heterocycles. The van der Waals surface area contributed by atoms with Crippen molar-refractivity contribution in [2.45, 2.75) is 12.5 Å². The lowest BCUT2D eigenvalue weighted by Crippen LogP contribution is -2.47. The second-order valence-electron chi connectivity index (χ2n) is 4.70. The summed E-state index contributed by atoms with van der Waals surface area (Å²) in [6.07, 6.45) is -0.565. The second-order valence-corrected chi connectivity index (χ2v) is 4.70. The number of amides is 2. The van der Waals surface area contributed by atoms with Gasteiger partial charge in [-0.3, -0.25) is 4.79 Å². The summed E-state index contributed by atoms with van der Waals surface area (Å²) in [5.74, 6) is -0.224. The molecule has 7 nitrogen and oxygen atoms in total. The number of ether oxygens (including phenoxy) is 2. The molecular weight excluding hydrogens is 276 g/mol. The maximum absolute atomic E-state index is 12.1. The molecule has 2 N–H and O–H groups in total. The van der Waals surface area contributed by atoms with Gasteiger partial charge in [-0.15, -0.1) is 0 Å². The predicted molar refractivity (Wildman–Crippen MR) is 75.6 cm³/mol. The number of carboxylic acids is 1. The van der Waals surface area contributed by atoms with Crippen molar-refractivity contribution in [3.63, 3.8) is 0 Å². The number of carbonyl (C=O) groups excluding carboxylic acids is 1. The number of morpholine rings is 1. The molecule has 1 unspecified atom stereocenters. The molecule has 2 rings (SSSR count). The Morgan fingerprint density at radius 3 is 2.76 bits per heavy atom. The highest BCUT2D eigenvalue weighted by molar-refractivity contribution is 5.89. The van der Waals surface area contributed by atoms with Crippen LogP contribution in [-0.2, 0) is 9.53 Å². The van der Waals surface area contributed by atoms with Crippen LogP contribution in [0.3, 0.4) is 0 Å². The third-order valence-electron chi connectivity index (χ3n) is 3.17. The van der Waals surface area contributed by atoms with Crippen LogP contribution in [0.2, 0.25) is 0 Å². The number of carbonyl (C=O) groups is 2. The molecule has 1 atom stereocenters. The van der Waals surface area contributed by atoms with Crippen LogP contribution >= 0.6 is 0 Å². The molecule has 2 amide bonds. The number of hydrogen-bond donors (Lipinski definition) is 2. The van der Waals surface area contributed by atoms with Crippen LogP contribution in [-0.4, -0.2) is 54.9 Å². The monoisotopic (exact) mass is 294 g/mol. The number of rotatable bonds is 4. The van der Waals surface area contributed by atoms with Gasteiger partial charge in [-0.1, -0.05) is 0 Å². The van der Waals surface area contributed by atoms with E-state index in [4.69, 9.17) is 14.6 Å². The molecule has 0 spiro atoms. The number of aliphatic carboxylic acids is 1. The summed E-state index contributed by atoms with van der Waals surface area (Å²) in [6.45, 7) is 1.06. The van der Waals surface area contributed by atoms with E-state index in [-0.39, 0.29) is 19.0 Å². The first-order valence-corrected chi connectivity index (χ1v) is 6.62. The molecule has 1 heterocycles. The third kappa shape index (κ3) is 4.35. The molecule has 1 aliphatic rings. The highest BCUT2D eigenvalue weighted by Crippen LogP contribution is 2.16. The highest BCUT2D eigenvalue weighted by Gasteiger charge is 2.25. The standard InChI is InChI=1S/C14H18N2O5/c1-20-11-4-2-10(3-5-11)15-14(19)16-6-7-21-12(9-16)8-13(17)18/h2-5,12H,6-9H2,1H3,(H,15,19)(H,17,18). The van der Waals surface area contributed by atoms with E-state index in [0.717, 1.165) is 0 Å². The van der Waals surface area contributed by atoms with E-state index in [1.807, 2.05) is 0 Å². The van der Waals surface area contributed by atoms with Crippen molar-refractivity contribution in [3.8, 4) is 5.75 Å². The van der Waals surface area contributed by atoms with E-state index >= 15 is 0 Å². The zero-order valence-corrected chi connectivity index (χ0v) is 11.7. The topological polar surface area (TPSA) is 88.1 Å². The van der Waals surface area contributed by atoms with Gasteiger partial charge in [0.05, 0.1) is 26.2 Å². The van der Waals surface area contributed by atoms with E-state index in [0.29, 0.717) is 24.6 Å². The first kappa shape index (κ1) is 15.1. The maximum atomic E-state index is 12.1. The van der Waals surface area contributed by atoms with Crippen molar-refractivity contribution >= 4 is 17.7 Å². The molecule has 1 aromatic carbocycles. The molecule has 1 aromatic rings. The Hall–Kier alpha value is -2.28. The molecule has 0 aromatic heterocycles. The number of urea groups is 1. The molecule has 0 aliphatic carbocycles. The average molecular weight is 294 g/mol. The largest absolute Gasteiger partial charge is 0.497 e. The van der Waals surface area contributed by atoms with Gasteiger partial charge in [-0.25, -0.2) is 4.79 Å². The molecule has 0 radical (unpaired) electrons. The van der Waals surface area contributed by atoms with Gasteiger partial charge in [0.15, 0.2) is 0 Å². The lowest BCUT2D eigenvalue weighted by atomic mass is 10.2. The van der Waals surface area contributed by atoms with Gasteiger partial charge < -0.3 is 24.8 Å². The lowest BCUT2D eigenvalue weighted by molar-refractivity contribution is -0.141. The van der Waals surface area contributed by atoms with E-state index in [1.54, 1.807) is 36.3 Å². The lowest BCUT2D eigenvalue weighted by Gasteiger charge is -2.32. The SMILES string of the molecule is COc1ccc(NC(=O)N2CCOC(CC(=O)O)C2)cc1. The van der Waals surface area contributed by atoms with E-state index < -0.39 is 12.1 Å². The smallest absolute Gasteiger partial charge is 0.322 e. The van der Waals surface area contributed by atoms with Gasteiger partial charge in [-0.2, -0.15) is 0 Å². The van der Waals surface area contributed by atoms with Crippen LogP contribution in [0.1, 0.15) is 6.42 Å². The fraction of sp³-hybridized carbons (Fsp3) is 0.429. The highest BCUT2D eigenvalue weighted by atomic mass is 16.5. The Bertz CT molecular complexity index is 503. The third-order valence-corrected chi connectivity index (χ3v) is 3.17. The van der Waals surface area contributed by atoms with Crippen molar-refractivity contribution < 1.29 is 24.2 Å². The van der Waals surface area contributed by atoms with Gasteiger partial charge in [0.2, 0.25) is 0 Å². The number of benzene rings is 1. The van der Waals surface area contributed by atoms with Crippen LogP contribution in [0.4, 0.5) is 10.5 Å². The number of carboxylic acid groups (broad SMARTS) is 1. The number of nitrogens with zero attached hydrogens (tertiary/aromatic N) is 1. The molecule has 21 heavy (non-hydrogen) atoms. The zero-order valence-electron chi connectivity index (χ0n) is 11.7. The van der Waals surface area contributed by atoms with Crippen molar-refractivity contribution in [1.82, 2.24) is 4.90 Å². The van der Waals surface area contributed by atoms with Crippen molar-refractivity contribution in [2.24, 2.45) is 0 Å². The number of methoxy groups -OCH3 is 1. The fourth-order valence-corrected chi connectivity index (χ4v) is 2.10. The Balaban J connectivity index is 1.91. The van der Waals surface area contributed by atoms with Gasteiger partial charge in [0.1, 0.15) is 5.75 Å². The molecule has 0 saturated carbocycles. The van der Waals surface area contributed by atoms with Crippen LogP contribution < -0.4 is 10.1 Å². The van der Waals surface area contributed by atoms with E-state index in [2.05, 4.69) is 5.32 Å². The summed E-state index contributed by atoms with van der Waals surface area (Å²) >= 11 is 0. The number of hydrogen-bond acceptors (Lipinski definition) is 4. The van der Waals surface area contributed by atoms with Gasteiger partial charge in [-0.05, 0) is 24.3 Å². The molecule has 7 heteroatoms. The van der Waals surface area contributed by atoms with Crippen molar-refractivity contribution in [3.05, 3.63) is 24.3 Å². The molecule has 1 aliphatic heterocycles. The van der Waals surface area contributed by atoms with Crippen LogP contribution in [0.25, 0.3) is 0 Å². The first-order chi connectivity index (χ1) is 10.1. The summed E-state index contributed by atoms with van der Waals surface area (Å²) in [5, 5.41) is 11.5. The Labute approximate surface area is 122 Å². The number of nitrogens with one attached hydrogen (secondary N) is 1. The summed E-state index contributed by atoms with van der Waals surface area (Å²) < 4.78 is 10.4. The molecule has 0 bridgehead atoms. The summed E-state index contributed by atoms with van der Waals surface area (Å²) in [4.78, 5) is 24.4. The summed E-state index contributed by atoms with van der Waals surface area (Å²) in [7, 11) is 1.57. The zero-order chi connectivity index (χ0) is 15.2. The molecular formula is C14H18N2O5. The Morgan fingerprint density at radius 1 is 1.43 bits per heavy atom. The predicted octanol–water partition coefficient (Wildman–Crippen LogP) is 1.40.